The number of ketones is 1. The summed E-state index contributed by atoms with van der Waals surface area (Å²) in [6.07, 6.45) is 4.51. The number of aromatic nitrogens is 3. The highest BCUT2D eigenvalue weighted by Gasteiger charge is 2.34. The highest BCUT2D eigenvalue weighted by molar-refractivity contribution is 6.30. The Hall–Kier alpha value is -2.80. The van der Waals surface area contributed by atoms with E-state index < -0.39 is 28.9 Å². The first kappa shape index (κ1) is 16.7. The molecule has 1 unspecified atom stereocenters. The van der Waals surface area contributed by atoms with E-state index in [1.807, 2.05) is 0 Å². The van der Waals surface area contributed by atoms with Gasteiger partial charge >= 0.3 is 0 Å². The molecule has 2 aromatic heterocycles. The van der Waals surface area contributed by atoms with Crippen LogP contribution in [0.3, 0.4) is 0 Å². The largest absolute Gasteiger partial charge is 0.369 e. The van der Waals surface area contributed by atoms with Gasteiger partial charge in [-0.1, -0.05) is 11.6 Å². The molecule has 1 atom stereocenters. The maximum Gasteiger partial charge on any atom is 0.178 e. The number of nitrogens with zero attached hydrogens (tertiary/aromatic N) is 3. The standard InChI is InChI=1S/C18H13ClF2N4O/c1-25-8-9(5-24-25)11-2-3-14(20)15(16(11)21)17(26)13-7-23-18-12(13)4-10(19)6-22-18/h2-6,8,13H,7H2,1H3,(H,22,23). The van der Waals surface area contributed by atoms with Gasteiger partial charge in [0.05, 0.1) is 22.7 Å². The number of carbonyl (C=O) groups is 1. The molecule has 0 saturated carbocycles. The Balaban J connectivity index is 1.79. The van der Waals surface area contributed by atoms with Crippen LogP contribution in [0.4, 0.5) is 14.6 Å². The molecule has 1 aromatic carbocycles. The number of benzene rings is 1. The molecule has 1 aliphatic rings. The van der Waals surface area contributed by atoms with Crippen LogP contribution in [0, 0.1) is 11.6 Å². The summed E-state index contributed by atoms with van der Waals surface area (Å²) < 4.78 is 30.9. The van der Waals surface area contributed by atoms with Crippen molar-refractivity contribution in [2.45, 2.75) is 5.92 Å². The molecule has 0 fully saturated rings. The van der Waals surface area contributed by atoms with E-state index in [4.69, 9.17) is 11.6 Å². The van der Waals surface area contributed by atoms with Gasteiger partial charge < -0.3 is 5.32 Å². The highest BCUT2D eigenvalue weighted by atomic mass is 35.5. The number of aryl methyl sites for hydroxylation is 1. The molecule has 132 valence electrons. The molecular formula is C18H13ClF2N4O. The van der Waals surface area contributed by atoms with E-state index in [0.717, 1.165) is 6.07 Å². The lowest BCUT2D eigenvalue weighted by Crippen LogP contribution is -2.18. The SMILES string of the molecule is Cn1cc(-c2ccc(F)c(C(=O)C3CNc4ncc(Cl)cc43)c2F)cn1. The summed E-state index contributed by atoms with van der Waals surface area (Å²) in [6, 6.07) is 3.99. The number of Topliss-reactive ketones (excluding diaryl/α,β-unsaturated/α-hetero) is 1. The molecule has 0 amide bonds. The molecule has 0 radical (unpaired) electrons. The van der Waals surface area contributed by atoms with Crippen molar-refractivity contribution in [2.75, 3.05) is 11.9 Å². The van der Waals surface area contributed by atoms with E-state index in [-0.39, 0.29) is 12.1 Å². The minimum absolute atomic E-state index is 0.123. The Morgan fingerprint density at radius 3 is 2.88 bits per heavy atom. The number of hydrogen-bond acceptors (Lipinski definition) is 4. The molecule has 0 spiro atoms. The molecule has 1 aliphatic heterocycles. The van der Waals surface area contributed by atoms with Gasteiger partial charge in [0.2, 0.25) is 0 Å². The molecule has 1 N–H and O–H groups in total. The minimum Gasteiger partial charge on any atom is -0.369 e. The molecule has 3 heterocycles. The number of hydrogen-bond donors (Lipinski definition) is 1. The molecule has 26 heavy (non-hydrogen) atoms. The zero-order valence-corrected chi connectivity index (χ0v) is 14.4. The van der Waals surface area contributed by atoms with Gasteiger partial charge in [0, 0.05) is 42.7 Å². The van der Waals surface area contributed by atoms with Crippen LogP contribution in [-0.4, -0.2) is 27.1 Å². The highest BCUT2D eigenvalue weighted by Crippen LogP contribution is 2.36. The van der Waals surface area contributed by atoms with Crippen molar-refractivity contribution in [2.24, 2.45) is 7.05 Å². The first-order valence-corrected chi connectivity index (χ1v) is 8.24. The third kappa shape index (κ3) is 2.64. The van der Waals surface area contributed by atoms with Crippen LogP contribution in [0.1, 0.15) is 21.8 Å². The summed E-state index contributed by atoms with van der Waals surface area (Å²) in [6.45, 7) is 0.206. The first-order valence-electron chi connectivity index (χ1n) is 7.86. The van der Waals surface area contributed by atoms with Crippen molar-refractivity contribution < 1.29 is 13.6 Å². The first-order chi connectivity index (χ1) is 12.5. The van der Waals surface area contributed by atoms with Gasteiger partial charge in [0.25, 0.3) is 0 Å². The Morgan fingerprint density at radius 2 is 2.15 bits per heavy atom. The Kier molecular flexibility index (Phi) is 3.96. The fourth-order valence-electron chi connectivity index (χ4n) is 3.15. The molecule has 0 aliphatic carbocycles. The van der Waals surface area contributed by atoms with E-state index in [1.54, 1.807) is 19.3 Å². The van der Waals surface area contributed by atoms with Gasteiger partial charge in [0.15, 0.2) is 5.78 Å². The van der Waals surface area contributed by atoms with Crippen LogP contribution in [-0.2, 0) is 7.05 Å². The number of fused-ring (bicyclic) bond motifs is 1. The number of nitrogens with one attached hydrogen (secondary N) is 1. The minimum atomic E-state index is -0.899. The molecular weight excluding hydrogens is 362 g/mol. The van der Waals surface area contributed by atoms with Crippen molar-refractivity contribution in [3.05, 3.63) is 64.6 Å². The zero-order chi connectivity index (χ0) is 18.4. The van der Waals surface area contributed by atoms with E-state index in [2.05, 4.69) is 15.4 Å². The van der Waals surface area contributed by atoms with Crippen molar-refractivity contribution in [1.29, 1.82) is 0 Å². The van der Waals surface area contributed by atoms with Crippen molar-refractivity contribution in [3.8, 4) is 11.1 Å². The third-order valence-electron chi connectivity index (χ3n) is 4.40. The number of pyridine rings is 1. The molecule has 0 saturated heterocycles. The monoisotopic (exact) mass is 374 g/mol. The quantitative estimate of drug-likeness (QED) is 0.708. The second-order valence-corrected chi connectivity index (χ2v) is 6.51. The predicted molar refractivity (Wildman–Crippen MR) is 93.4 cm³/mol. The smallest absolute Gasteiger partial charge is 0.178 e. The van der Waals surface area contributed by atoms with Crippen molar-refractivity contribution in [3.63, 3.8) is 0 Å². The normalized spacial score (nSPS) is 15.6. The van der Waals surface area contributed by atoms with Crippen LogP contribution in [0.5, 0.6) is 0 Å². The fraction of sp³-hybridized carbons (Fsp3) is 0.167. The zero-order valence-electron chi connectivity index (χ0n) is 13.6. The molecule has 5 nitrogen and oxygen atoms in total. The molecule has 0 bridgehead atoms. The lowest BCUT2D eigenvalue weighted by atomic mass is 9.91. The van der Waals surface area contributed by atoms with Gasteiger partial charge in [-0.3, -0.25) is 9.48 Å². The third-order valence-corrected chi connectivity index (χ3v) is 4.61. The average Bonchev–Trinajstić information content (AvgIpc) is 3.20. The van der Waals surface area contributed by atoms with Gasteiger partial charge in [-0.25, -0.2) is 13.8 Å². The van der Waals surface area contributed by atoms with Crippen molar-refractivity contribution in [1.82, 2.24) is 14.8 Å². The topological polar surface area (TPSA) is 59.8 Å². The fourth-order valence-corrected chi connectivity index (χ4v) is 3.31. The van der Waals surface area contributed by atoms with Gasteiger partial charge in [-0.2, -0.15) is 5.10 Å². The van der Waals surface area contributed by atoms with Gasteiger partial charge in [-0.15, -0.1) is 0 Å². The Labute approximate surface area is 152 Å². The summed E-state index contributed by atoms with van der Waals surface area (Å²) in [7, 11) is 1.69. The maximum absolute atomic E-state index is 15.0. The number of rotatable bonds is 3. The van der Waals surface area contributed by atoms with Crippen LogP contribution in [0.15, 0.2) is 36.8 Å². The van der Waals surface area contributed by atoms with E-state index in [0.29, 0.717) is 22.0 Å². The number of halogens is 3. The van der Waals surface area contributed by atoms with E-state index in [9.17, 15) is 9.18 Å². The Morgan fingerprint density at radius 1 is 1.35 bits per heavy atom. The summed E-state index contributed by atoms with van der Waals surface area (Å²) in [5.41, 5.74) is 0.561. The number of anilines is 1. The van der Waals surface area contributed by atoms with Crippen LogP contribution in [0.2, 0.25) is 5.02 Å². The summed E-state index contributed by atoms with van der Waals surface area (Å²) in [4.78, 5) is 17.0. The second kappa shape index (κ2) is 6.17. The number of carbonyl (C=O) groups excluding carboxylic acids is 1. The molecule has 8 heteroatoms. The van der Waals surface area contributed by atoms with Crippen LogP contribution in [0.25, 0.3) is 11.1 Å². The van der Waals surface area contributed by atoms with Crippen LogP contribution >= 0.6 is 11.6 Å². The lowest BCUT2D eigenvalue weighted by Gasteiger charge is -2.13. The molecule has 3 aromatic rings. The summed E-state index contributed by atoms with van der Waals surface area (Å²) >= 11 is 5.95. The summed E-state index contributed by atoms with van der Waals surface area (Å²) in [5.74, 6) is -2.71. The second-order valence-electron chi connectivity index (χ2n) is 6.08. The summed E-state index contributed by atoms with van der Waals surface area (Å²) in [5, 5.41) is 7.31. The van der Waals surface area contributed by atoms with Gasteiger partial charge in [0.1, 0.15) is 17.5 Å². The van der Waals surface area contributed by atoms with Gasteiger partial charge in [-0.05, 0) is 18.2 Å². The predicted octanol–water partition coefficient (Wildman–Crippen LogP) is 3.81. The Bertz CT molecular complexity index is 1030. The van der Waals surface area contributed by atoms with Crippen LogP contribution < -0.4 is 5.32 Å². The van der Waals surface area contributed by atoms with Crippen molar-refractivity contribution >= 4 is 23.2 Å². The van der Waals surface area contributed by atoms with E-state index in [1.165, 1.54) is 23.1 Å². The lowest BCUT2D eigenvalue weighted by molar-refractivity contribution is 0.0958. The molecule has 4 rings (SSSR count). The van der Waals surface area contributed by atoms with E-state index >= 15 is 4.39 Å². The maximum atomic E-state index is 15.0. The average molecular weight is 375 g/mol.